The lowest BCUT2D eigenvalue weighted by atomic mass is 9.32. The summed E-state index contributed by atoms with van der Waals surface area (Å²) in [5.41, 5.74) is 1.57. The first-order valence-electron chi connectivity index (χ1n) is 22.3. The van der Waals surface area contributed by atoms with Crippen LogP contribution in [-0.4, -0.2) is 51.7 Å². The van der Waals surface area contributed by atoms with Crippen molar-refractivity contribution < 1.29 is 29.7 Å². The largest absolute Gasteiger partial charge is 0.481 e. The molecule has 5 saturated carbocycles. The normalized spacial score (nSPS) is 39.4. The molecule has 0 heterocycles. The van der Waals surface area contributed by atoms with Crippen molar-refractivity contribution in [2.24, 2.45) is 68.5 Å². The average molecular weight is 754 g/mol. The van der Waals surface area contributed by atoms with Crippen molar-refractivity contribution in [3.63, 3.8) is 0 Å². The minimum atomic E-state index is -1.03. The molecule has 0 aromatic carbocycles. The van der Waals surface area contributed by atoms with E-state index in [4.69, 9.17) is 5.11 Å². The lowest BCUT2D eigenvalue weighted by Crippen LogP contribution is -2.67. The SMILES string of the molecule is C=C(C)[C@@H]1CCC2(C(=O)NCCCCCCCC(=O)CC(CC(C)C)[C@@H](O)CC(=O)O)CC[C@]3(C)C(CCC4C5(C)CCC(O)C(C)(C)[C@@H]5CCC43C)[C@@H]12. The number of aliphatic carboxylic acids is 1. The van der Waals surface area contributed by atoms with Crippen LogP contribution < -0.4 is 5.32 Å². The molecular formula is C47H79NO6. The van der Waals surface area contributed by atoms with Crippen LogP contribution in [0.1, 0.15) is 177 Å². The molecule has 0 radical (unpaired) electrons. The molecule has 4 N–H and O–H groups in total. The maximum absolute atomic E-state index is 14.5. The van der Waals surface area contributed by atoms with E-state index >= 15 is 0 Å². The average Bonchev–Trinajstić information content (AvgIpc) is 3.49. The van der Waals surface area contributed by atoms with Gasteiger partial charge in [-0.1, -0.05) is 79.9 Å². The Hall–Kier alpha value is -1.73. The molecule has 5 rings (SSSR count). The van der Waals surface area contributed by atoms with Crippen molar-refractivity contribution in [1.29, 1.82) is 0 Å². The molecule has 308 valence electrons. The number of hydrogen-bond donors (Lipinski definition) is 4. The van der Waals surface area contributed by atoms with E-state index in [0.29, 0.717) is 49.0 Å². The number of carbonyl (C=O) groups is 3. The van der Waals surface area contributed by atoms with Gasteiger partial charge in [-0.15, -0.1) is 0 Å². The summed E-state index contributed by atoms with van der Waals surface area (Å²) in [5, 5.41) is 34.0. The third-order valence-electron chi connectivity index (χ3n) is 17.6. The molecule has 0 saturated heterocycles. The van der Waals surface area contributed by atoms with E-state index in [9.17, 15) is 24.6 Å². The number of hydrogen-bond acceptors (Lipinski definition) is 5. The van der Waals surface area contributed by atoms with Crippen LogP contribution in [0.15, 0.2) is 12.2 Å². The van der Waals surface area contributed by atoms with Gasteiger partial charge < -0.3 is 20.6 Å². The van der Waals surface area contributed by atoms with Crippen LogP contribution >= 0.6 is 0 Å². The van der Waals surface area contributed by atoms with Crippen LogP contribution in [0.3, 0.4) is 0 Å². The molecule has 1 amide bonds. The van der Waals surface area contributed by atoms with Crippen molar-refractivity contribution in [2.75, 3.05) is 6.54 Å². The van der Waals surface area contributed by atoms with Gasteiger partial charge in [0.2, 0.25) is 5.91 Å². The van der Waals surface area contributed by atoms with Gasteiger partial charge in [0.25, 0.3) is 0 Å². The number of rotatable bonds is 17. The molecule has 0 aliphatic heterocycles. The fourth-order valence-electron chi connectivity index (χ4n) is 14.6. The summed E-state index contributed by atoms with van der Waals surface area (Å²) in [5.74, 6) is 1.83. The number of carboxylic acids is 1. The monoisotopic (exact) mass is 754 g/mol. The second-order valence-electron chi connectivity index (χ2n) is 21.3. The topological polar surface area (TPSA) is 124 Å². The summed E-state index contributed by atoms with van der Waals surface area (Å²) >= 11 is 0. The first-order chi connectivity index (χ1) is 25.2. The Balaban J connectivity index is 1.15. The fraction of sp³-hybridized carbons (Fsp3) is 0.894. The van der Waals surface area contributed by atoms with Gasteiger partial charge >= 0.3 is 5.97 Å². The highest BCUT2D eigenvalue weighted by atomic mass is 16.4. The maximum Gasteiger partial charge on any atom is 0.305 e. The Bertz CT molecular complexity index is 1370. The molecule has 0 spiro atoms. The van der Waals surface area contributed by atoms with Crippen LogP contribution in [0.25, 0.3) is 0 Å². The first kappa shape index (κ1) is 43.4. The molecule has 5 aliphatic carbocycles. The van der Waals surface area contributed by atoms with Crippen LogP contribution in [0.5, 0.6) is 0 Å². The number of carboxylic acid groups (broad SMARTS) is 1. The van der Waals surface area contributed by atoms with Gasteiger partial charge in [0.05, 0.1) is 24.0 Å². The summed E-state index contributed by atoms with van der Waals surface area (Å²) in [6.45, 7) is 24.0. The summed E-state index contributed by atoms with van der Waals surface area (Å²) in [6, 6.07) is 0. The standard InChI is InChI=1S/C47H79NO6/c1-30(2)27-32(36(50)29-40(52)53)28-33(49)15-13-11-10-12-14-26-48-42(54)47-23-18-34(31(3)4)41(47)35-16-17-38-44(7)21-20-39(51)43(5,6)37(44)19-22-46(38,9)45(35,8)24-25-47/h30,32,34-39,41,50-51H,3,10-29H2,1-2,4-9H3,(H,48,54)(H,52,53)/t32?,34-,35?,36-,37-,38?,39?,41+,44?,45+,46?,47?/m0/s1. The quantitative estimate of drug-likeness (QED) is 0.0866. The number of unbranched alkanes of at least 4 members (excludes halogenated alkanes) is 4. The Kier molecular flexibility index (Phi) is 13.4. The van der Waals surface area contributed by atoms with Gasteiger partial charge in [-0.3, -0.25) is 14.4 Å². The zero-order chi connectivity index (χ0) is 39.9. The molecule has 54 heavy (non-hydrogen) atoms. The smallest absolute Gasteiger partial charge is 0.305 e. The number of fused-ring (bicyclic) bond motifs is 7. The van der Waals surface area contributed by atoms with Gasteiger partial charge in [-0.25, -0.2) is 0 Å². The van der Waals surface area contributed by atoms with Crippen LogP contribution in [0, 0.1) is 68.5 Å². The van der Waals surface area contributed by atoms with Crippen molar-refractivity contribution >= 4 is 17.7 Å². The van der Waals surface area contributed by atoms with E-state index < -0.39 is 12.1 Å². The van der Waals surface area contributed by atoms with E-state index in [1.54, 1.807) is 0 Å². The Morgan fingerprint density at radius 2 is 1.48 bits per heavy atom. The lowest BCUT2D eigenvalue weighted by molar-refractivity contribution is -0.246. The number of ketones is 1. The van der Waals surface area contributed by atoms with Crippen molar-refractivity contribution in [3.8, 4) is 0 Å². The van der Waals surface area contributed by atoms with Gasteiger partial charge in [-0.2, -0.15) is 0 Å². The second kappa shape index (κ2) is 16.6. The highest BCUT2D eigenvalue weighted by molar-refractivity contribution is 5.84. The van der Waals surface area contributed by atoms with Crippen LogP contribution in [-0.2, 0) is 14.4 Å². The maximum atomic E-state index is 14.5. The van der Waals surface area contributed by atoms with Gasteiger partial charge in [0.15, 0.2) is 0 Å². The van der Waals surface area contributed by atoms with Gasteiger partial charge in [0.1, 0.15) is 5.78 Å². The number of allylic oxidation sites excluding steroid dienone is 1. The Morgan fingerprint density at radius 3 is 2.15 bits per heavy atom. The summed E-state index contributed by atoms with van der Waals surface area (Å²) in [4.78, 5) is 38.3. The molecule has 5 aliphatic rings. The molecular weight excluding hydrogens is 675 g/mol. The molecule has 0 bridgehead atoms. The van der Waals surface area contributed by atoms with E-state index in [1.807, 2.05) is 13.8 Å². The minimum Gasteiger partial charge on any atom is -0.481 e. The first-order valence-corrected chi connectivity index (χ1v) is 22.3. The third kappa shape index (κ3) is 7.90. The minimum absolute atomic E-state index is 0.0463. The number of aliphatic hydroxyl groups excluding tert-OH is 2. The summed E-state index contributed by atoms with van der Waals surface area (Å²) < 4.78 is 0. The second-order valence-corrected chi connectivity index (χ2v) is 21.3. The highest BCUT2D eigenvalue weighted by Crippen LogP contribution is 2.77. The highest BCUT2D eigenvalue weighted by Gasteiger charge is 2.71. The lowest BCUT2D eigenvalue weighted by Gasteiger charge is -2.72. The van der Waals surface area contributed by atoms with Crippen molar-refractivity contribution in [3.05, 3.63) is 12.2 Å². The van der Waals surface area contributed by atoms with E-state index in [-0.39, 0.29) is 69.5 Å². The zero-order valence-corrected chi connectivity index (χ0v) is 35.6. The number of aliphatic hydroxyl groups is 2. The molecule has 12 atom stereocenters. The number of Topliss-reactive ketones (excluding diaryl/α,β-unsaturated/α-hetero) is 1. The van der Waals surface area contributed by atoms with E-state index in [2.05, 4.69) is 53.4 Å². The molecule has 7 nitrogen and oxygen atoms in total. The van der Waals surface area contributed by atoms with E-state index in [0.717, 1.165) is 70.6 Å². The predicted octanol–water partition coefficient (Wildman–Crippen LogP) is 9.92. The van der Waals surface area contributed by atoms with Gasteiger partial charge in [-0.05, 0) is 153 Å². The molecule has 5 fully saturated rings. The summed E-state index contributed by atoms with van der Waals surface area (Å²) in [6.07, 6.45) is 15.6. The zero-order valence-electron chi connectivity index (χ0n) is 35.6. The number of carbonyl (C=O) groups excluding carboxylic acids is 2. The predicted molar refractivity (Wildman–Crippen MR) is 217 cm³/mol. The van der Waals surface area contributed by atoms with Gasteiger partial charge in [0, 0.05) is 19.4 Å². The molecule has 7 heteroatoms. The third-order valence-corrected chi connectivity index (χ3v) is 17.6. The molecule has 0 aromatic heterocycles. The van der Waals surface area contributed by atoms with Crippen molar-refractivity contribution in [1.82, 2.24) is 5.32 Å². The fourth-order valence-corrected chi connectivity index (χ4v) is 14.6. The Labute approximate surface area is 328 Å². The molecule has 7 unspecified atom stereocenters. The number of amides is 1. The van der Waals surface area contributed by atoms with Crippen molar-refractivity contribution in [2.45, 2.75) is 190 Å². The van der Waals surface area contributed by atoms with Crippen LogP contribution in [0.4, 0.5) is 0 Å². The van der Waals surface area contributed by atoms with E-state index in [1.165, 1.54) is 31.3 Å². The van der Waals surface area contributed by atoms with Crippen LogP contribution in [0.2, 0.25) is 0 Å². The number of nitrogens with one attached hydrogen (secondary N) is 1. The Morgan fingerprint density at radius 1 is 0.796 bits per heavy atom. The summed E-state index contributed by atoms with van der Waals surface area (Å²) in [7, 11) is 0. The molecule has 0 aromatic rings.